The molecule has 53 heavy (non-hydrogen) atoms. The highest BCUT2D eigenvalue weighted by atomic mass is 32.2. The summed E-state index contributed by atoms with van der Waals surface area (Å²) in [7, 11) is -12.3. The Kier molecular flexibility index (Phi) is 14.5. The summed E-state index contributed by atoms with van der Waals surface area (Å²) in [6, 6.07) is 9.51. The van der Waals surface area contributed by atoms with Crippen LogP contribution in [-0.2, 0) is 40.5 Å². The SMILES string of the molecule is Cc1ccc(S(=O)(=O)N2CCCCC2)cc1SC(/C=C/C=C1/N(CCCCCC(=O)O)c2ccc(S(=O)(=O)O)cc2C1(C)C)=NCCCCS(=O)(=O)O. The molecule has 4 rings (SSSR count). The topological polar surface area (TPSA) is 199 Å². The summed E-state index contributed by atoms with van der Waals surface area (Å²) in [4.78, 5) is 18.5. The molecule has 1 fully saturated rings. The first kappa shape index (κ1) is 42.7. The van der Waals surface area contributed by atoms with Crippen molar-refractivity contribution in [1.82, 2.24) is 4.31 Å². The number of hydrogen-bond acceptors (Lipinski definition) is 10. The second kappa shape index (κ2) is 18.0. The van der Waals surface area contributed by atoms with Gasteiger partial charge in [0.05, 0.1) is 20.6 Å². The Balaban J connectivity index is 1.67. The molecule has 0 spiro atoms. The van der Waals surface area contributed by atoms with Crippen LogP contribution >= 0.6 is 11.8 Å². The fourth-order valence-electron chi connectivity index (χ4n) is 6.42. The maximum absolute atomic E-state index is 13.5. The minimum Gasteiger partial charge on any atom is -0.481 e. The summed E-state index contributed by atoms with van der Waals surface area (Å²) in [5, 5.41) is 9.59. The van der Waals surface area contributed by atoms with Crippen molar-refractivity contribution in [2.24, 2.45) is 4.99 Å². The predicted molar refractivity (Wildman–Crippen MR) is 208 cm³/mol. The molecule has 0 atom stereocenters. The van der Waals surface area contributed by atoms with Gasteiger partial charge < -0.3 is 10.0 Å². The third-order valence-corrected chi connectivity index (χ3v) is 14.0. The predicted octanol–water partition coefficient (Wildman–Crippen LogP) is 6.46. The first-order valence-electron chi connectivity index (χ1n) is 17.6. The van der Waals surface area contributed by atoms with Crippen molar-refractivity contribution in [3.63, 3.8) is 0 Å². The molecule has 0 unspecified atom stereocenters. The van der Waals surface area contributed by atoms with E-state index in [2.05, 4.69) is 4.90 Å². The number of aliphatic carboxylic acids is 1. The van der Waals surface area contributed by atoms with E-state index in [1.807, 2.05) is 26.8 Å². The Labute approximate surface area is 317 Å². The van der Waals surface area contributed by atoms with E-state index in [1.165, 1.54) is 28.2 Å². The smallest absolute Gasteiger partial charge is 0.303 e. The van der Waals surface area contributed by atoms with Gasteiger partial charge in [-0.05, 0) is 99.1 Å². The second-order valence-electron chi connectivity index (χ2n) is 13.8. The van der Waals surface area contributed by atoms with Gasteiger partial charge in [0, 0.05) is 54.3 Å². The Morgan fingerprint density at radius 1 is 0.906 bits per heavy atom. The highest BCUT2D eigenvalue weighted by Crippen LogP contribution is 2.48. The molecule has 2 aromatic carbocycles. The first-order valence-corrected chi connectivity index (χ1v) is 22.9. The maximum atomic E-state index is 13.5. The molecular weight excluding hydrogens is 763 g/mol. The summed E-state index contributed by atoms with van der Waals surface area (Å²) in [5.41, 5.74) is 2.44. The van der Waals surface area contributed by atoms with Crippen LogP contribution in [-0.4, -0.2) is 86.7 Å². The van der Waals surface area contributed by atoms with Crippen molar-refractivity contribution in [3.05, 3.63) is 71.5 Å². The summed E-state index contributed by atoms with van der Waals surface area (Å²) >= 11 is 1.28. The van der Waals surface area contributed by atoms with Crippen LogP contribution in [0.25, 0.3) is 0 Å². The number of sulfonamides is 1. The molecular formula is C36H49N3O10S4. The number of carboxylic acids is 1. The number of aryl methyl sites for hydroxylation is 1. The van der Waals surface area contributed by atoms with Crippen LogP contribution in [0.4, 0.5) is 5.69 Å². The summed E-state index contributed by atoms with van der Waals surface area (Å²) in [6.45, 7) is 7.50. The van der Waals surface area contributed by atoms with Gasteiger partial charge in [-0.25, -0.2) is 8.42 Å². The molecule has 292 valence electrons. The zero-order chi connectivity index (χ0) is 39.0. The van der Waals surface area contributed by atoms with Gasteiger partial charge in [0.2, 0.25) is 10.0 Å². The number of anilines is 1. The summed E-state index contributed by atoms with van der Waals surface area (Å²) in [6.07, 6.45) is 10.6. The number of hydrogen-bond donors (Lipinski definition) is 3. The van der Waals surface area contributed by atoms with Gasteiger partial charge in [0.15, 0.2) is 0 Å². The number of fused-ring (bicyclic) bond motifs is 1. The molecule has 0 saturated carbocycles. The number of rotatable bonds is 17. The molecule has 1 saturated heterocycles. The number of unbranched alkanes of at least 4 members (excludes halogenated alkanes) is 3. The van der Waals surface area contributed by atoms with Crippen molar-refractivity contribution >= 4 is 58.7 Å². The molecule has 0 aromatic heterocycles. The number of allylic oxidation sites excluding steroid dienone is 3. The highest BCUT2D eigenvalue weighted by Gasteiger charge is 2.40. The largest absolute Gasteiger partial charge is 0.481 e. The standard InChI is InChI=1S/C36H49N3O10S4/c1-27-16-17-28(52(45,46)38-21-8-5-9-22-38)26-32(27)50-34(37-20-7-11-24-51(42,43)44)14-12-13-33-36(2,3)30-25-29(53(47,48)49)18-19-31(30)39(33)23-10-4-6-15-35(40)41/h12-14,16-19,25-26H,4-11,15,20-24H2,1-3H3,(H,40,41)(H,42,43,44)(H,47,48,49)/b14-12+,33-13+,37-34?. The van der Waals surface area contributed by atoms with Crippen LogP contribution in [0.1, 0.15) is 82.8 Å². The lowest BCUT2D eigenvalue weighted by Crippen LogP contribution is -2.35. The quantitative estimate of drug-likeness (QED) is 0.0519. The third kappa shape index (κ3) is 11.7. The minimum absolute atomic E-state index is 0.0629. The Morgan fingerprint density at radius 3 is 2.26 bits per heavy atom. The molecule has 2 heterocycles. The monoisotopic (exact) mass is 811 g/mol. The average Bonchev–Trinajstić information content (AvgIpc) is 3.29. The summed E-state index contributed by atoms with van der Waals surface area (Å²) < 4.78 is 94.0. The Hall–Kier alpha value is -3.06. The van der Waals surface area contributed by atoms with E-state index in [0.717, 1.165) is 36.2 Å². The number of carboxylic acid groups (broad SMARTS) is 1. The van der Waals surface area contributed by atoms with Crippen molar-refractivity contribution in [3.8, 4) is 0 Å². The molecule has 2 aromatic rings. The number of benzene rings is 2. The van der Waals surface area contributed by atoms with Crippen molar-refractivity contribution in [1.29, 1.82) is 0 Å². The normalized spacial score (nSPS) is 17.9. The Bertz CT molecular complexity index is 2070. The van der Waals surface area contributed by atoms with E-state index in [-0.39, 0.29) is 34.9 Å². The fourth-order valence-corrected chi connectivity index (χ4v) is 10.1. The molecule has 0 aliphatic carbocycles. The molecule has 0 amide bonds. The lowest BCUT2D eigenvalue weighted by atomic mass is 9.83. The van der Waals surface area contributed by atoms with Crippen LogP contribution in [0.3, 0.4) is 0 Å². The van der Waals surface area contributed by atoms with E-state index in [4.69, 9.17) is 14.7 Å². The first-order chi connectivity index (χ1) is 24.8. The Morgan fingerprint density at radius 2 is 1.60 bits per heavy atom. The van der Waals surface area contributed by atoms with Gasteiger partial charge in [0.1, 0.15) is 0 Å². The molecule has 3 N–H and O–H groups in total. The van der Waals surface area contributed by atoms with E-state index < -0.39 is 41.6 Å². The van der Waals surface area contributed by atoms with Crippen molar-refractivity contribution in [2.75, 3.05) is 36.8 Å². The molecule has 13 nitrogen and oxygen atoms in total. The molecule has 0 radical (unpaired) electrons. The number of nitrogens with zero attached hydrogens (tertiary/aromatic N) is 3. The van der Waals surface area contributed by atoms with Crippen LogP contribution < -0.4 is 4.90 Å². The van der Waals surface area contributed by atoms with E-state index in [0.29, 0.717) is 60.8 Å². The zero-order valence-electron chi connectivity index (χ0n) is 30.3. The van der Waals surface area contributed by atoms with Gasteiger partial charge >= 0.3 is 5.97 Å². The number of piperidine rings is 1. The van der Waals surface area contributed by atoms with Gasteiger partial charge in [0.25, 0.3) is 20.2 Å². The lowest BCUT2D eigenvalue weighted by Gasteiger charge is -2.27. The molecule has 0 bridgehead atoms. The van der Waals surface area contributed by atoms with Gasteiger partial charge in [-0.15, -0.1) is 0 Å². The molecule has 2 aliphatic rings. The fraction of sp³-hybridized carbons (Fsp3) is 0.500. The van der Waals surface area contributed by atoms with Crippen LogP contribution in [0, 0.1) is 6.92 Å². The zero-order valence-corrected chi connectivity index (χ0v) is 33.5. The number of thioether (sulfide) groups is 1. The van der Waals surface area contributed by atoms with Gasteiger partial charge in [-0.1, -0.05) is 50.6 Å². The lowest BCUT2D eigenvalue weighted by molar-refractivity contribution is -0.137. The molecule has 17 heteroatoms. The van der Waals surface area contributed by atoms with Gasteiger partial charge in [-0.3, -0.25) is 18.9 Å². The number of carbonyl (C=O) groups is 1. The van der Waals surface area contributed by atoms with E-state index in [9.17, 15) is 34.6 Å². The van der Waals surface area contributed by atoms with Gasteiger partial charge in [-0.2, -0.15) is 21.1 Å². The van der Waals surface area contributed by atoms with Crippen LogP contribution in [0.5, 0.6) is 0 Å². The van der Waals surface area contributed by atoms with E-state index >= 15 is 0 Å². The summed E-state index contributed by atoms with van der Waals surface area (Å²) in [5.74, 6) is -1.25. The van der Waals surface area contributed by atoms with Crippen molar-refractivity contribution < 1.29 is 44.3 Å². The third-order valence-electron chi connectivity index (χ3n) is 9.33. The van der Waals surface area contributed by atoms with Crippen LogP contribution in [0.2, 0.25) is 0 Å². The maximum Gasteiger partial charge on any atom is 0.303 e. The second-order valence-corrected chi connectivity index (χ2v) is 19.7. The average molecular weight is 812 g/mol. The highest BCUT2D eigenvalue weighted by molar-refractivity contribution is 8.14. The van der Waals surface area contributed by atoms with E-state index in [1.54, 1.807) is 36.4 Å². The van der Waals surface area contributed by atoms with Crippen molar-refractivity contribution in [2.45, 2.75) is 98.7 Å². The number of aliphatic imine (C=N–C) groups is 1. The molecule has 2 aliphatic heterocycles. The minimum atomic E-state index is -4.46. The van der Waals surface area contributed by atoms with Crippen LogP contribution in [0.15, 0.2) is 80.0 Å².